The van der Waals surface area contributed by atoms with Crippen molar-refractivity contribution in [1.82, 2.24) is 10.2 Å². The Kier molecular flexibility index (Phi) is 5.12. The Bertz CT molecular complexity index is 713. The Labute approximate surface area is 160 Å². The summed E-state index contributed by atoms with van der Waals surface area (Å²) in [5.41, 5.74) is 0.988. The number of halogens is 1. The summed E-state index contributed by atoms with van der Waals surface area (Å²) in [6, 6.07) is 5.07. The third kappa shape index (κ3) is 3.45. The molecule has 1 aromatic carbocycles. The first-order valence-electron chi connectivity index (χ1n) is 10.0. The molecule has 3 aliphatic rings. The summed E-state index contributed by atoms with van der Waals surface area (Å²) in [4.78, 5) is 14.3. The average molecular weight is 376 g/mol. The molecule has 3 heterocycles. The SMILES string of the molecule is CCCC(=O)NC[C@H]1[C@H]2CN(Cc3ccc(F)c(OC)c3)C[C@]23CC[C@H]1O3. The standard InChI is InChI=1S/C21H29FN2O3/c1-3-4-20(25)23-10-15-16-12-24(13-21(16)8-7-18(15)27-21)11-14-5-6-17(22)19(9-14)26-2/h5-6,9,15-16,18H,3-4,7-8,10-13H2,1-2H3,(H,23,25)/t15-,16+,18+,21+/m0/s1. The van der Waals surface area contributed by atoms with Crippen LogP contribution < -0.4 is 10.1 Å². The van der Waals surface area contributed by atoms with Crippen molar-refractivity contribution in [3.63, 3.8) is 0 Å². The van der Waals surface area contributed by atoms with Gasteiger partial charge in [-0.15, -0.1) is 0 Å². The minimum atomic E-state index is -0.331. The summed E-state index contributed by atoms with van der Waals surface area (Å²) in [5, 5.41) is 3.11. The third-order valence-electron chi connectivity index (χ3n) is 6.49. The number of nitrogens with zero attached hydrogens (tertiary/aromatic N) is 1. The number of fused-ring (bicyclic) bond motifs is 1. The number of methoxy groups -OCH3 is 1. The van der Waals surface area contributed by atoms with Gasteiger partial charge in [0.05, 0.1) is 18.8 Å². The second kappa shape index (κ2) is 7.40. The number of hydrogen-bond donors (Lipinski definition) is 1. The van der Waals surface area contributed by atoms with E-state index < -0.39 is 0 Å². The topological polar surface area (TPSA) is 50.8 Å². The van der Waals surface area contributed by atoms with Crippen LogP contribution in [0.1, 0.15) is 38.2 Å². The summed E-state index contributed by atoms with van der Waals surface area (Å²) < 4.78 is 25.2. The number of nitrogens with one attached hydrogen (secondary N) is 1. The molecule has 1 amide bonds. The number of likely N-dealkylation sites (tertiary alicyclic amines) is 1. The smallest absolute Gasteiger partial charge is 0.219 e. The van der Waals surface area contributed by atoms with E-state index in [1.807, 2.05) is 13.0 Å². The fourth-order valence-electron chi connectivity index (χ4n) is 5.29. The molecule has 2 bridgehead atoms. The van der Waals surface area contributed by atoms with Gasteiger partial charge < -0.3 is 14.8 Å². The molecule has 148 valence electrons. The fraction of sp³-hybridized carbons (Fsp3) is 0.667. The molecule has 3 aliphatic heterocycles. The number of ether oxygens (including phenoxy) is 2. The van der Waals surface area contributed by atoms with E-state index in [-0.39, 0.29) is 23.4 Å². The number of carbonyl (C=O) groups excluding carboxylic acids is 1. The largest absolute Gasteiger partial charge is 0.494 e. The highest BCUT2D eigenvalue weighted by atomic mass is 19.1. The van der Waals surface area contributed by atoms with Crippen molar-refractivity contribution < 1.29 is 18.7 Å². The van der Waals surface area contributed by atoms with Crippen molar-refractivity contribution in [3.05, 3.63) is 29.6 Å². The predicted octanol–water partition coefficient (Wildman–Crippen LogP) is 2.73. The van der Waals surface area contributed by atoms with Crippen molar-refractivity contribution in [2.45, 2.75) is 50.9 Å². The summed E-state index contributed by atoms with van der Waals surface area (Å²) in [6.07, 6.45) is 3.93. The van der Waals surface area contributed by atoms with Crippen molar-refractivity contribution in [1.29, 1.82) is 0 Å². The van der Waals surface area contributed by atoms with Crippen LogP contribution in [0.5, 0.6) is 5.75 Å². The monoisotopic (exact) mass is 376 g/mol. The van der Waals surface area contributed by atoms with Gasteiger partial charge in [-0.25, -0.2) is 4.39 Å². The number of benzene rings is 1. The predicted molar refractivity (Wildman–Crippen MR) is 100.0 cm³/mol. The fourth-order valence-corrected chi connectivity index (χ4v) is 5.29. The Balaban J connectivity index is 1.41. The van der Waals surface area contributed by atoms with Gasteiger partial charge in [-0.05, 0) is 37.0 Å². The van der Waals surface area contributed by atoms with Gasteiger partial charge in [-0.1, -0.05) is 13.0 Å². The first-order valence-corrected chi connectivity index (χ1v) is 10.0. The Hall–Kier alpha value is -1.66. The van der Waals surface area contributed by atoms with Gasteiger partial charge in [0.1, 0.15) is 0 Å². The maximum Gasteiger partial charge on any atom is 0.219 e. The van der Waals surface area contributed by atoms with E-state index in [0.29, 0.717) is 30.6 Å². The minimum Gasteiger partial charge on any atom is -0.494 e. The summed E-state index contributed by atoms with van der Waals surface area (Å²) in [7, 11) is 1.49. The zero-order chi connectivity index (χ0) is 19.0. The van der Waals surface area contributed by atoms with E-state index in [1.165, 1.54) is 13.2 Å². The maximum atomic E-state index is 13.7. The molecule has 5 nitrogen and oxygen atoms in total. The van der Waals surface area contributed by atoms with Crippen molar-refractivity contribution in [2.75, 3.05) is 26.7 Å². The highest BCUT2D eigenvalue weighted by Gasteiger charge is 2.62. The van der Waals surface area contributed by atoms with Crippen LogP contribution in [0.15, 0.2) is 18.2 Å². The molecule has 0 saturated carbocycles. The molecule has 1 spiro atoms. The zero-order valence-corrected chi connectivity index (χ0v) is 16.2. The van der Waals surface area contributed by atoms with Gasteiger partial charge in [0, 0.05) is 44.4 Å². The maximum absolute atomic E-state index is 13.7. The highest BCUT2D eigenvalue weighted by molar-refractivity contribution is 5.75. The van der Waals surface area contributed by atoms with Gasteiger partial charge in [0.15, 0.2) is 11.6 Å². The first-order chi connectivity index (χ1) is 13.0. The molecule has 3 fully saturated rings. The normalized spacial score (nSPS) is 31.9. The highest BCUT2D eigenvalue weighted by Crippen LogP contribution is 2.54. The van der Waals surface area contributed by atoms with Gasteiger partial charge in [-0.3, -0.25) is 9.69 Å². The second-order valence-electron chi connectivity index (χ2n) is 8.22. The molecule has 6 heteroatoms. The Morgan fingerprint density at radius 1 is 1.48 bits per heavy atom. The Morgan fingerprint density at radius 3 is 3.11 bits per heavy atom. The molecular formula is C21H29FN2O3. The zero-order valence-electron chi connectivity index (χ0n) is 16.2. The lowest BCUT2D eigenvalue weighted by Crippen LogP contribution is -2.41. The number of amides is 1. The molecule has 0 aliphatic carbocycles. The Morgan fingerprint density at radius 2 is 2.33 bits per heavy atom. The van der Waals surface area contributed by atoms with Gasteiger partial charge in [0.2, 0.25) is 5.91 Å². The number of rotatable bonds is 7. The average Bonchev–Trinajstić information content (AvgIpc) is 3.29. The van der Waals surface area contributed by atoms with Crippen LogP contribution in [-0.4, -0.2) is 49.3 Å². The van der Waals surface area contributed by atoms with Crippen LogP contribution in [0.25, 0.3) is 0 Å². The number of hydrogen-bond acceptors (Lipinski definition) is 4. The second-order valence-corrected chi connectivity index (χ2v) is 8.22. The third-order valence-corrected chi connectivity index (χ3v) is 6.49. The van der Waals surface area contributed by atoms with E-state index >= 15 is 0 Å². The van der Waals surface area contributed by atoms with Crippen molar-refractivity contribution in [3.8, 4) is 5.75 Å². The molecule has 4 atom stereocenters. The lowest BCUT2D eigenvalue weighted by Gasteiger charge is -2.29. The van der Waals surface area contributed by atoms with Crippen molar-refractivity contribution in [2.24, 2.45) is 11.8 Å². The van der Waals surface area contributed by atoms with Gasteiger partial charge in [-0.2, -0.15) is 0 Å². The lowest BCUT2D eigenvalue weighted by molar-refractivity contribution is -0.121. The molecule has 3 saturated heterocycles. The minimum absolute atomic E-state index is 0.0606. The lowest BCUT2D eigenvalue weighted by atomic mass is 9.73. The molecule has 0 aromatic heterocycles. The van der Waals surface area contributed by atoms with Crippen LogP contribution >= 0.6 is 0 Å². The van der Waals surface area contributed by atoms with Crippen LogP contribution in [0.4, 0.5) is 4.39 Å². The molecular weight excluding hydrogens is 347 g/mol. The van der Waals surface area contributed by atoms with Crippen LogP contribution in [0, 0.1) is 17.7 Å². The van der Waals surface area contributed by atoms with Crippen LogP contribution in [0.2, 0.25) is 0 Å². The van der Waals surface area contributed by atoms with E-state index in [2.05, 4.69) is 10.2 Å². The summed E-state index contributed by atoms with van der Waals surface area (Å²) >= 11 is 0. The summed E-state index contributed by atoms with van der Waals surface area (Å²) in [6.45, 7) is 5.37. The molecule has 0 unspecified atom stereocenters. The van der Waals surface area contributed by atoms with Gasteiger partial charge in [0.25, 0.3) is 0 Å². The van der Waals surface area contributed by atoms with Crippen LogP contribution in [0.3, 0.4) is 0 Å². The molecule has 27 heavy (non-hydrogen) atoms. The van der Waals surface area contributed by atoms with Gasteiger partial charge >= 0.3 is 0 Å². The van der Waals surface area contributed by atoms with E-state index in [1.54, 1.807) is 6.07 Å². The first kappa shape index (κ1) is 18.7. The summed E-state index contributed by atoms with van der Waals surface area (Å²) in [5.74, 6) is 0.956. The number of carbonyl (C=O) groups is 1. The molecule has 4 rings (SSSR count). The van der Waals surface area contributed by atoms with E-state index in [4.69, 9.17) is 9.47 Å². The van der Waals surface area contributed by atoms with Crippen molar-refractivity contribution >= 4 is 5.91 Å². The molecule has 1 aromatic rings. The molecule has 1 N–H and O–H groups in total. The molecule has 0 radical (unpaired) electrons. The van der Waals surface area contributed by atoms with E-state index in [9.17, 15) is 9.18 Å². The van der Waals surface area contributed by atoms with Crippen LogP contribution in [-0.2, 0) is 16.1 Å². The quantitative estimate of drug-likeness (QED) is 0.795. The van der Waals surface area contributed by atoms with E-state index in [0.717, 1.165) is 44.5 Å².